The molecule has 6 nitrogen and oxygen atoms in total. The number of fused-ring (bicyclic) bond motifs is 2. The van der Waals surface area contributed by atoms with Crippen molar-refractivity contribution in [2.75, 3.05) is 0 Å². The first kappa shape index (κ1) is 30.7. The average Bonchev–Trinajstić information content (AvgIpc) is 2.91. The molecule has 3 aromatic carbocycles. The van der Waals surface area contributed by atoms with Gasteiger partial charge in [-0.2, -0.15) is 0 Å². The smallest absolute Gasteiger partial charge is 0.420 e. The number of benzene rings is 3. The Morgan fingerprint density at radius 1 is 0.658 bits per heavy atom. The Bertz CT molecular complexity index is 1160. The van der Waals surface area contributed by atoms with E-state index >= 15 is 0 Å². The van der Waals surface area contributed by atoms with Crippen LogP contribution in [0.1, 0.15) is 77.3 Å². The number of rotatable bonds is 12. The van der Waals surface area contributed by atoms with Crippen LogP contribution in [0.25, 0.3) is 21.5 Å². The molecule has 38 heavy (non-hydrogen) atoms. The summed E-state index contributed by atoms with van der Waals surface area (Å²) in [7, 11) is 0. The quantitative estimate of drug-likeness (QED) is 0.0605. The van der Waals surface area contributed by atoms with Crippen LogP contribution in [0.5, 0.6) is 11.5 Å². The Hall–Kier alpha value is -1.82. The molecule has 0 bridgehead atoms. The maximum Gasteiger partial charge on any atom is 0.514 e. The molecule has 0 amide bonds. The number of carbonyl (C=O) groups is 2. The molecule has 3 aromatic rings. The van der Waals surface area contributed by atoms with Gasteiger partial charge in [-0.05, 0) is 107 Å². The highest BCUT2D eigenvalue weighted by atomic mass is 127. The average molecular weight is 746 g/mol. The van der Waals surface area contributed by atoms with E-state index in [-0.39, 0.29) is 8.22 Å². The van der Waals surface area contributed by atoms with Crippen molar-refractivity contribution in [3.05, 3.63) is 47.5 Å². The highest BCUT2D eigenvalue weighted by molar-refractivity contribution is 14.1. The molecule has 0 N–H and O–H groups in total. The summed E-state index contributed by atoms with van der Waals surface area (Å²) in [6.07, 6.45) is 5.59. The summed E-state index contributed by atoms with van der Waals surface area (Å²) < 4.78 is 22.3. The second-order valence-corrected chi connectivity index (χ2v) is 11.9. The number of halogens is 2. The van der Waals surface area contributed by atoms with Crippen molar-refractivity contribution in [2.45, 2.75) is 87.3 Å². The van der Waals surface area contributed by atoms with Crippen molar-refractivity contribution < 1.29 is 28.5 Å². The first-order valence-corrected chi connectivity index (χ1v) is 15.9. The molecule has 206 valence electrons. The topological polar surface area (TPSA) is 71.1 Å². The van der Waals surface area contributed by atoms with E-state index in [1.807, 2.05) is 36.4 Å². The molecule has 0 heterocycles. The van der Waals surface area contributed by atoms with E-state index in [2.05, 4.69) is 72.9 Å². The number of carbonyl (C=O) groups excluding carboxylic acids is 2. The molecule has 8 heteroatoms. The zero-order valence-corrected chi connectivity index (χ0v) is 26.8. The van der Waals surface area contributed by atoms with Gasteiger partial charge in [0.15, 0.2) is 8.22 Å². The normalized spacial score (nSPS) is 12.8. The molecule has 0 aromatic heterocycles. The summed E-state index contributed by atoms with van der Waals surface area (Å²) in [4.78, 5) is 25.7. The van der Waals surface area contributed by atoms with Gasteiger partial charge in [0.25, 0.3) is 0 Å². The van der Waals surface area contributed by atoms with E-state index in [0.29, 0.717) is 33.0 Å². The molecule has 3 rings (SSSR count). The Morgan fingerprint density at radius 3 is 1.39 bits per heavy atom. The maximum atomic E-state index is 12.9. The number of hydrogen-bond donors (Lipinski definition) is 0. The van der Waals surface area contributed by atoms with Crippen LogP contribution in [0.2, 0.25) is 0 Å². The van der Waals surface area contributed by atoms with Gasteiger partial charge in [0.05, 0.1) is 0 Å². The van der Waals surface area contributed by atoms with E-state index in [0.717, 1.165) is 62.5 Å². The summed E-state index contributed by atoms with van der Waals surface area (Å²) in [6, 6.07) is 11.8. The molecule has 0 aliphatic carbocycles. The third-order valence-electron chi connectivity index (χ3n) is 6.35. The number of aryl methyl sites for hydroxylation is 2. The monoisotopic (exact) mass is 746 g/mol. The molecule has 0 radical (unpaired) electrons. The van der Waals surface area contributed by atoms with Gasteiger partial charge in [-0.3, -0.25) is 0 Å². The fraction of sp³-hybridized carbons (Fsp3) is 0.467. The Morgan fingerprint density at radius 2 is 1.05 bits per heavy atom. The predicted octanol–water partition coefficient (Wildman–Crippen LogP) is 10.1. The minimum absolute atomic E-state index is 0.276. The van der Waals surface area contributed by atoms with Crippen LogP contribution in [0, 0.1) is 0 Å². The largest absolute Gasteiger partial charge is 0.514 e. The van der Waals surface area contributed by atoms with Crippen LogP contribution in [0.4, 0.5) is 9.59 Å². The van der Waals surface area contributed by atoms with Crippen LogP contribution < -0.4 is 9.47 Å². The zero-order valence-electron chi connectivity index (χ0n) is 22.5. The maximum absolute atomic E-state index is 12.9. The Balaban J connectivity index is 2.11. The second kappa shape index (κ2) is 15.1. The third kappa shape index (κ3) is 8.09. The van der Waals surface area contributed by atoms with Crippen molar-refractivity contribution in [1.29, 1.82) is 0 Å². The summed E-state index contributed by atoms with van der Waals surface area (Å²) in [5.74, 6) is 0.792. The highest BCUT2D eigenvalue weighted by Gasteiger charge is 2.23. The van der Waals surface area contributed by atoms with Crippen LogP contribution in [-0.4, -0.2) is 20.5 Å². The summed E-state index contributed by atoms with van der Waals surface area (Å²) in [5, 5.41) is 2.68. The lowest BCUT2D eigenvalue weighted by Crippen LogP contribution is -2.18. The lowest BCUT2D eigenvalue weighted by Gasteiger charge is -2.19. The van der Waals surface area contributed by atoms with E-state index in [4.69, 9.17) is 18.9 Å². The zero-order chi connectivity index (χ0) is 27.7. The van der Waals surface area contributed by atoms with Crippen LogP contribution in [0.15, 0.2) is 36.4 Å². The first-order chi connectivity index (χ1) is 18.3. The van der Waals surface area contributed by atoms with E-state index in [1.54, 1.807) is 0 Å². The summed E-state index contributed by atoms with van der Waals surface area (Å²) >= 11 is 4.24. The van der Waals surface area contributed by atoms with E-state index in [1.165, 1.54) is 0 Å². The first-order valence-electron chi connectivity index (χ1n) is 13.4. The van der Waals surface area contributed by atoms with Gasteiger partial charge < -0.3 is 18.9 Å². The van der Waals surface area contributed by atoms with Gasteiger partial charge in [0, 0.05) is 21.5 Å². The third-order valence-corrected chi connectivity index (χ3v) is 8.11. The molecule has 0 spiro atoms. The van der Waals surface area contributed by atoms with E-state index in [9.17, 15) is 9.59 Å². The number of unbranched alkanes of at least 4 members (excludes halogenated alkanes) is 2. The van der Waals surface area contributed by atoms with Gasteiger partial charge in [-0.1, -0.05) is 64.8 Å². The van der Waals surface area contributed by atoms with Gasteiger partial charge in [-0.25, -0.2) is 9.59 Å². The Kier molecular flexibility index (Phi) is 12.2. The number of alkyl halides is 2. The van der Waals surface area contributed by atoms with Crippen LogP contribution >= 0.6 is 45.2 Å². The van der Waals surface area contributed by atoms with Gasteiger partial charge in [-0.15, -0.1) is 0 Å². The Labute approximate surface area is 252 Å². The molecule has 0 aliphatic rings. The van der Waals surface area contributed by atoms with Gasteiger partial charge >= 0.3 is 12.3 Å². The molecule has 0 saturated carbocycles. The fourth-order valence-corrected chi connectivity index (χ4v) is 5.47. The molecule has 0 fully saturated rings. The van der Waals surface area contributed by atoms with Crippen LogP contribution in [0.3, 0.4) is 0 Å². The lowest BCUT2D eigenvalue weighted by atomic mass is 9.96. The minimum atomic E-state index is -0.749. The van der Waals surface area contributed by atoms with Gasteiger partial charge in [0.2, 0.25) is 0 Å². The lowest BCUT2D eigenvalue weighted by molar-refractivity contribution is 0.0906. The van der Waals surface area contributed by atoms with Crippen molar-refractivity contribution >= 4 is 79.0 Å². The standard InChI is InChI=1S/C30H36I2O6/c1-5-9-11-25(31)35-29(33)37-27-21-15-13-20(8-4)18-24(21)28(22-16-14-19(7-3)17-23(22)27)38-30(34)36-26(32)12-10-6-2/h13-18,25-26H,5-12H2,1-4H3. The number of hydrogen-bond acceptors (Lipinski definition) is 6. The number of ether oxygens (including phenoxy) is 4. The SMILES string of the molecule is CCCCC(I)OC(=O)Oc1c2ccc(CC)cc2c(OC(=O)OC(I)CCCC)c2ccc(CC)cc12. The minimum Gasteiger partial charge on any atom is -0.420 e. The highest BCUT2D eigenvalue weighted by Crippen LogP contribution is 2.44. The van der Waals surface area contributed by atoms with Crippen LogP contribution in [-0.2, 0) is 22.3 Å². The summed E-state index contributed by atoms with van der Waals surface area (Å²) in [6.45, 7) is 8.32. The van der Waals surface area contributed by atoms with Crippen molar-refractivity contribution in [1.82, 2.24) is 0 Å². The second-order valence-electron chi connectivity index (χ2n) is 9.17. The van der Waals surface area contributed by atoms with Crippen molar-refractivity contribution in [3.63, 3.8) is 0 Å². The van der Waals surface area contributed by atoms with Crippen molar-refractivity contribution in [3.8, 4) is 11.5 Å². The van der Waals surface area contributed by atoms with Crippen molar-refractivity contribution in [2.24, 2.45) is 0 Å². The summed E-state index contributed by atoms with van der Waals surface area (Å²) in [5.41, 5.74) is 2.13. The molecule has 2 atom stereocenters. The molecule has 0 saturated heterocycles. The molecule has 0 aliphatic heterocycles. The molecular weight excluding hydrogens is 710 g/mol. The van der Waals surface area contributed by atoms with Gasteiger partial charge in [0.1, 0.15) is 11.5 Å². The molecular formula is C30H36I2O6. The molecule has 2 unspecified atom stereocenters. The fourth-order valence-electron chi connectivity index (χ4n) is 4.18. The predicted molar refractivity (Wildman–Crippen MR) is 169 cm³/mol. The van der Waals surface area contributed by atoms with E-state index < -0.39 is 12.3 Å².